The minimum atomic E-state index is -0.439. The molecule has 1 aromatic heterocycles. The SMILES string of the molecule is CCCCCCCCCC(=O)NCC(=O)NN=Cc1cc2ccccc2[nH]c1=O. The second-order valence-electron chi connectivity index (χ2n) is 7.08. The van der Waals surface area contributed by atoms with E-state index in [4.69, 9.17) is 0 Å². The molecule has 7 nitrogen and oxygen atoms in total. The molecular formula is C22H30N4O3. The molecule has 1 aromatic carbocycles. The summed E-state index contributed by atoms with van der Waals surface area (Å²) < 4.78 is 0. The molecule has 0 saturated heterocycles. The molecule has 0 fully saturated rings. The maximum absolute atomic E-state index is 12.0. The minimum absolute atomic E-state index is 0.135. The average molecular weight is 399 g/mol. The van der Waals surface area contributed by atoms with E-state index in [0.717, 1.165) is 30.2 Å². The first-order valence-corrected chi connectivity index (χ1v) is 10.3. The summed E-state index contributed by atoms with van der Waals surface area (Å²) in [6.45, 7) is 2.05. The molecule has 0 aliphatic rings. The van der Waals surface area contributed by atoms with Crippen molar-refractivity contribution in [2.75, 3.05) is 6.54 Å². The van der Waals surface area contributed by atoms with Crippen molar-refractivity contribution in [3.05, 3.63) is 46.2 Å². The monoisotopic (exact) mass is 398 g/mol. The van der Waals surface area contributed by atoms with Crippen LogP contribution < -0.4 is 16.3 Å². The minimum Gasteiger partial charge on any atom is -0.347 e. The zero-order chi connectivity index (χ0) is 20.9. The number of hydrogen-bond acceptors (Lipinski definition) is 4. The summed E-state index contributed by atoms with van der Waals surface area (Å²) in [5.74, 6) is -0.574. The van der Waals surface area contributed by atoms with Crippen LogP contribution in [0.25, 0.3) is 10.9 Å². The third-order valence-electron chi connectivity index (χ3n) is 4.63. The van der Waals surface area contributed by atoms with Crippen molar-refractivity contribution < 1.29 is 9.59 Å². The predicted octanol–water partition coefficient (Wildman–Crippen LogP) is 3.24. The number of aromatic amines is 1. The molecule has 3 N–H and O–H groups in total. The molecule has 29 heavy (non-hydrogen) atoms. The number of nitrogens with zero attached hydrogens (tertiary/aromatic N) is 1. The van der Waals surface area contributed by atoms with E-state index in [1.807, 2.05) is 24.3 Å². The lowest BCUT2D eigenvalue weighted by Crippen LogP contribution is -2.34. The molecule has 0 spiro atoms. The van der Waals surface area contributed by atoms with Crippen molar-refractivity contribution in [1.82, 2.24) is 15.7 Å². The predicted molar refractivity (Wildman–Crippen MR) is 116 cm³/mol. The van der Waals surface area contributed by atoms with Crippen LogP contribution in [0.2, 0.25) is 0 Å². The normalized spacial score (nSPS) is 11.1. The van der Waals surface area contributed by atoms with E-state index in [-0.39, 0.29) is 18.0 Å². The topological polar surface area (TPSA) is 103 Å². The first kappa shape index (κ1) is 22.3. The number of carbonyl (C=O) groups is 2. The Morgan fingerprint density at radius 2 is 1.76 bits per heavy atom. The van der Waals surface area contributed by atoms with Gasteiger partial charge in [-0.25, -0.2) is 5.43 Å². The van der Waals surface area contributed by atoms with Gasteiger partial charge in [-0.1, -0.05) is 63.6 Å². The van der Waals surface area contributed by atoms with Gasteiger partial charge < -0.3 is 10.3 Å². The lowest BCUT2D eigenvalue weighted by atomic mass is 10.1. The van der Waals surface area contributed by atoms with Gasteiger partial charge in [0.2, 0.25) is 5.91 Å². The maximum atomic E-state index is 12.0. The molecule has 7 heteroatoms. The quantitative estimate of drug-likeness (QED) is 0.290. The van der Waals surface area contributed by atoms with Gasteiger partial charge in [-0.15, -0.1) is 0 Å². The molecular weight excluding hydrogens is 368 g/mol. The van der Waals surface area contributed by atoms with E-state index in [0.29, 0.717) is 12.0 Å². The van der Waals surface area contributed by atoms with E-state index in [2.05, 4.69) is 27.8 Å². The van der Waals surface area contributed by atoms with E-state index in [9.17, 15) is 14.4 Å². The number of hydrazone groups is 1. The third-order valence-corrected chi connectivity index (χ3v) is 4.63. The molecule has 0 unspecified atom stereocenters. The van der Waals surface area contributed by atoms with Crippen LogP contribution in [0.3, 0.4) is 0 Å². The average Bonchev–Trinajstić information content (AvgIpc) is 2.72. The summed E-state index contributed by atoms with van der Waals surface area (Å²) in [6, 6.07) is 9.11. The van der Waals surface area contributed by atoms with Gasteiger partial charge in [0.25, 0.3) is 11.5 Å². The van der Waals surface area contributed by atoms with Crippen molar-refractivity contribution in [3.8, 4) is 0 Å². The molecule has 0 atom stereocenters. The van der Waals surface area contributed by atoms with Crippen molar-refractivity contribution in [1.29, 1.82) is 0 Å². The zero-order valence-electron chi connectivity index (χ0n) is 17.0. The van der Waals surface area contributed by atoms with Gasteiger partial charge in [0.15, 0.2) is 0 Å². The van der Waals surface area contributed by atoms with Crippen LogP contribution in [0, 0.1) is 0 Å². The van der Waals surface area contributed by atoms with Gasteiger partial charge in [-0.2, -0.15) is 5.10 Å². The second kappa shape index (κ2) is 12.5. The molecule has 1 heterocycles. The summed E-state index contributed by atoms with van der Waals surface area (Å²) in [5.41, 5.74) is 3.11. The summed E-state index contributed by atoms with van der Waals surface area (Å²) in [7, 11) is 0. The van der Waals surface area contributed by atoms with Crippen LogP contribution in [0.15, 0.2) is 40.2 Å². The first-order valence-electron chi connectivity index (χ1n) is 10.3. The number of carbonyl (C=O) groups excluding carboxylic acids is 2. The number of benzene rings is 1. The molecule has 0 saturated carbocycles. The number of H-pyrrole nitrogens is 1. The molecule has 156 valence electrons. The number of fused-ring (bicyclic) bond motifs is 1. The summed E-state index contributed by atoms with van der Waals surface area (Å²) >= 11 is 0. The fraction of sp³-hybridized carbons (Fsp3) is 0.455. The Balaban J connectivity index is 1.66. The Hall–Kier alpha value is -2.96. The lowest BCUT2D eigenvalue weighted by Gasteiger charge is -2.04. The van der Waals surface area contributed by atoms with Gasteiger partial charge in [-0.05, 0) is 23.9 Å². The second-order valence-corrected chi connectivity index (χ2v) is 7.08. The van der Waals surface area contributed by atoms with Crippen molar-refractivity contribution in [2.24, 2.45) is 5.10 Å². The molecule has 2 rings (SSSR count). The number of unbranched alkanes of at least 4 members (excludes halogenated alkanes) is 6. The molecule has 0 bridgehead atoms. The first-order chi connectivity index (χ1) is 14.1. The van der Waals surface area contributed by atoms with E-state index in [1.165, 1.54) is 31.9 Å². The molecule has 0 radical (unpaired) electrons. The van der Waals surface area contributed by atoms with Crippen LogP contribution in [-0.2, 0) is 9.59 Å². The summed E-state index contributed by atoms with van der Waals surface area (Å²) in [6.07, 6.45) is 9.72. The Bertz CT molecular complexity index is 889. The van der Waals surface area contributed by atoms with Gasteiger partial charge in [0.05, 0.1) is 18.3 Å². The summed E-state index contributed by atoms with van der Waals surface area (Å²) in [4.78, 5) is 38.3. The fourth-order valence-corrected chi connectivity index (χ4v) is 2.98. The van der Waals surface area contributed by atoms with Gasteiger partial charge in [0, 0.05) is 11.9 Å². The Labute approximate surface area is 171 Å². The highest BCUT2D eigenvalue weighted by Gasteiger charge is 2.05. The van der Waals surface area contributed by atoms with Crippen molar-refractivity contribution >= 4 is 28.9 Å². The van der Waals surface area contributed by atoms with E-state index >= 15 is 0 Å². The number of amides is 2. The smallest absolute Gasteiger partial charge is 0.259 e. The van der Waals surface area contributed by atoms with E-state index in [1.54, 1.807) is 6.07 Å². The number of rotatable bonds is 12. The number of aromatic nitrogens is 1. The third kappa shape index (κ3) is 8.29. The number of nitrogens with one attached hydrogen (secondary N) is 3. The highest BCUT2D eigenvalue weighted by molar-refractivity contribution is 5.89. The number of hydrogen-bond donors (Lipinski definition) is 3. The van der Waals surface area contributed by atoms with Crippen LogP contribution >= 0.6 is 0 Å². The highest BCUT2D eigenvalue weighted by Crippen LogP contribution is 2.09. The standard InChI is InChI=1S/C22H30N4O3/c1-2-3-4-5-6-7-8-13-20(27)23-16-21(28)26-24-15-18-14-17-11-9-10-12-19(17)25-22(18)29/h9-12,14-15H,2-8,13,16H2,1H3,(H,23,27)(H,25,29)(H,26,28). The van der Waals surface area contributed by atoms with Crippen molar-refractivity contribution in [2.45, 2.75) is 58.3 Å². The number of para-hydroxylation sites is 1. The van der Waals surface area contributed by atoms with Gasteiger partial charge >= 0.3 is 0 Å². The van der Waals surface area contributed by atoms with Gasteiger partial charge in [0.1, 0.15) is 0 Å². The van der Waals surface area contributed by atoms with Crippen LogP contribution in [0.4, 0.5) is 0 Å². The number of pyridine rings is 1. The molecule has 0 aliphatic carbocycles. The van der Waals surface area contributed by atoms with Gasteiger partial charge in [-0.3, -0.25) is 14.4 Å². The molecule has 2 aromatic rings. The lowest BCUT2D eigenvalue weighted by molar-refractivity contribution is -0.126. The Morgan fingerprint density at radius 1 is 1.03 bits per heavy atom. The zero-order valence-corrected chi connectivity index (χ0v) is 17.0. The van der Waals surface area contributed by atoms with Crippen LogP contribution in [0.5, 0.6) is 0 Å². The Morgan fingerprint density at radius 3 is 2.55 bits per heavy atom. The largest absolute Gasteiger partial charge is 0.347 e. The Kier molecular flexibility index (Phi) is 9.62. The van der Waals surface area contributed by atoms with Crippen molar-refractivity contribution in [3.63, 3.8) is 0 Å². The molecule has 2 amide bonds. The highest BCUT2D eigenvalue weighted by atomic mass is 16.2. The van der Waals surface area contributed by atoms with E-state index < -0.39 is 5.91 Å². The van der Waals surface area contributed by atoms with Crippen LogP contribution in [-0.4, -0.2) is 29.6 Å². The molecule has 0 aliphatic heterocycles. The fourth-order valence-electron chi connectivity index (χ4n) is 2.98. The maximum Gasteiger partial charge on any atom is 0.259 e. The van der Waals surface area contributed by atoms with Crippen LogP contribution in [0.1, 0.15) is 63.9 Å². The summed E-state index contributed by atoms with van der Waals surface area (Å²) in [5, 5.41) is 7.26.